The van der Waals surface area contributed by atoms with Gasteiger partial charge in [-0.05, 0) is 37.6 Å². The van der Waals surface area contributed by atoms with Gasteiger partial charge in [0.25, 0.3) is 0 Å². The van der Waals surface area contributed by atoms with E-state index in [9.17, 15) is 13.6 Å². The van der Waals surface area contributed by atoms with Gasteiger partial charge in [-0.2, -0.15) is 9.97 Å². The van der Waals surface area contributed by atoms with Crippen molar-refractivity contribution in [3.63, 3.8) is 0 Å². The number of alkyl halides is 1. The number of benzene rings is 2. The molecule has 0 aliphatic carbocycles. The lowest BCUT2D eigenvalue weighted by molar-refractivity contribution is -0.122. The van der Waals surface area contributed by atoms with Crippen LogP contribution in [0.25, 0.3) is 32.2 Å². The predicted octanol–water partition coefficient (Wildman–Crippen LogP) is 4.31. The molecule has 1 amide bonds. The number of carbonyl (C=O) groups is 1. The average molecular weight is 648 g/mol. The molecule has 3 aliphatic rings. The lowest BCUT2D eigenvalue weighted by Gasteiger charge is -2.31. The highest BCUT2D eigenvalue weighted by Crippen LogP contribution is 2.44. The summed E-state index contributed by atoms with van der Waals surface area (Å²) in [5, 5.41) is 0.417. The molecule has 4 aromatic rings. The maximum Gasteiger partial charge on any atom is 0.319 e. The van der Waals surface area contributed by atoms with Gasteiger partial charge in [0.1, 0.15) is 29.9 Å². The summed E-state index contributed by atoms with van der Waals surface area (Å²) < 4.78 is 57.7. The van der Waals surface area contributed by atoms with Crippen LogP contribution in [0.4, 0.5) is 24.1 Å². The third-order valence-corrected chi connectivity index (χ3v) is 10.0. The molecule has 4 N–H and O–H groups in total. The van der Waals surface area contributed by atoms with Crippen molar-refractivity contribution in [1.29, 1.82) is 0 Å². The quantitative estimate of drug-likeness (QED) is 0.314. The lowest BCUT2D eigenvalue weighted by atomic mass is 9.95. The molecule has 0 saturated carbocycles. The van der Waals surface area contributed by atoms with Gasteiger partial charge in [0.2, 0.25) is 5.91 Å². The van der Waals surface area contributed by atoms with E-state index in [1.54, 1.807) is 4.90 Å². The number of carbonyl (C=O) groups excluding carboxylic acids is 1. The Labute approximate surface area is 259 Å². The van der Waals surface area contributed by atoms with Crippen molar-refractivity contribution in [2.24, 2.45) is 11.7 Å². The highest BCUT2D eigenvalue weighted by atomic mass is 35.5. The van der Waals surface area contributed by atoms with Crippen LogP contribution in [0.2, 0.25) is 5.02 Å². The topological polar surface area (TPSA) is 133 Å². The van der Waals surface area contributed by atoms with Crippen molar-refractivity contribution < 1.29 is 27.4 Å². The van der Waals surface area contributed by atoms with Gasteiger partial charge in [-0.3, -0.25) is 9.69 Å². The van der Waals surface area contributed by atoms with E-state index in [2.05, 4.69) is 19.9 Å². The molecular formula is C29H29ClF3N7O3S. The van der Waals surface area contributed by atoms with Crippen LogP contribution in [0.5, 0.6) is 6.01 Å². The Bertz CT molecular complexity index is 1790. The number of aromatic nitrogens is 3. The zero-order valence-corrected chi connectivity index (χ0v) is 25.1. The summed E-state index contributed by atoms with van der Waals surface area (Å²) in [5.41, 5.74) is 11.3. The van der Waals surface area contributed by atoms with Crippen LogP contribution >= 0.6 is 22.9 Å². The number of nitrogen functional groups attached to an aromatic ring is 1. The lowest BCUT2D eigenvalue weighted by Crippen LogP contribution is -2.43. The molecule has 2 aromatic heterocycles. The van der Waals surface area contributed by atoms with Gasteiger partial charge >= 0.3 is 6.01 Å². The Hall–Kier alpha value is -3.46. The first kappa shape index (κ1) is 29.3. The summed E-state index contributed by atoms with van der Waals surface area (Å²) in [7, 11) is 0. The first-order chi connectivity index (χ1) is 21.1. The van der Waals surface area contributed by atoms with Gasteiger partial charge in [-0.15, -0.1) is 0 Å². The molecule has 3 atom stereocenters. The van der Waals surface area contributed by atoms with Crippen molar-refractivity contribution in [3.8, 4) is 17.1 Å². The first-order valence-corrected chi connectivity index (χ1v) is 15.5. The molecule has 3 fully saturated rings. The SMILES string of the molecule is NC(=O)C1COCCN(c2nc(OC[C@@]34CCCN3C[C@H](F)C4)nc3c(F)c(-c4ccc(F)c5sc(N)nc45)c(Cl)cc23)C1. The summed E-state index contributed by atoms with van der Waals surface area (Å²) in [6, 6.07) is 4.04. The number of ether oxygens (including phenoxy) is 2. The third kappa shape index (κ3) is 4.97. The molecule has 232 valence electrons. The van der Waals surface area contributed by atoms with E-state index in [1.165, 1.54) is 18.2 Å². The van der Waals surface area contributed by atoms with Crippen LogP contribution in [0.3, 0.4) is 0 Å². The molecule has 0 bridgehead atoms. The molecule has 44 heavy (non-hydrogen) atoms. The molecule has 1 unspecified atom stereocenters. The smallest absolute Gasteiger partial charge is 0.319 e. The Balaban J connectivity index is 1.37. The standard InChI is InChI=1S/C29H29ClF3N7O3S/c30-18-8-17-22(21(33)20(18)16-2-3-19(32)24-23(16)36-27(35)44-24)37-28(43-13-29-4-1-5-40(29)11-15(31)9-29)38-26(17)39-6-7-42-12-14(10-39)25(34)41/h2-3,8,14-15H,1,4-7,9-13H2,(H2,34,41)(H2,35,36)/t14?,15-,29+/m1/s1. The Morgan fingerprint density at radius 2 is 2.05 bits per heavy atom. The number of fused-ring (bicyclic) bond motifs is 3. The van der Waals surface area contributed by atoms with E-state index < -0.39 is 35.2 Å². The van der Waals surface area contributed by atoms with Crippen LogP contribution in [0.1, 0.15) is 19.3 Å². The number of anilines is 2. The molecule has 3 aliphatic heterocycles. The zero-order chi connectivity index (χ0) is 30.7. The number of rotatable bonds is 6. The number of amides is 1. The maximum absolute atomic E-state index is 16.7. The summed E-state index contributed by atoms with van der Waals surface area (Å²) in [4.78, 5) is 29.4. The van der Waals surface area contributed by atoms with Crippen LogP contribution < -0.4 is 21.1 Å². The largest absolute Gasteiger partial charge is 0.461 e. The van der Waals surface area contributed by atoms with E-state index in [-0.39, 0.29) is 80.6 Å². The second-order valence-electron chi connectivity index (χ2n) is 11.6. The number of nitrogens with zero attached hydrogens (tertiary/aromatic N) is 5. The zero-order valence-electron chi connectivity index (χ0n) is 23.5. The molecule has 5 heterocycles. The molecule has 0 radical (unpaired) electrons. The molecule has 7 rings (SSSR count). The number of halogens is 4. The van der Waals surface area contributed by atoms with E-state index in [0.717, 1.165) is 30.7 Å². The van der Waals surface area contributed by atoms with Crippen molar-refractivity contribution in [2.45, 2.75) is 31.0 Å². The number of thiazole rings is 1. The predicted molar refractivity (Wildman–Crippen MR) is 162 cm³/mol. The number of primary amides is 1. The van der Waals surface area contributed by atoms with Crippen LogP contribution in [-0.2, 0) is 9.53 Å². The number of hydrogen-bond donors (Lipinski definition) is 2. The van der Waals surface area contributed by atoms with Gasteiger partial charge in [0.15, 0.2) is 10.9 Å². The van der Waals surface area contributed by atoms with E-state index in [4.69, 9.17) is 32.5 Å². The normalized spacial score (nSPS) is 24.2. The Morgan fingerprint density at radius 3 is 2.86 bits per heavy atom. The van der Waals surface area contributed by atoms with Gasteiger partial charge < -0.3 is 25.8 Å². The van der Waals surface area contributed by atoms with Crippen LogP contribution in [0.15, 0.2) is 18.2 Å². The average Bonchev–Trinajstić information content (AvgIpc) is 3.57. The van der Waals surface area contributed by atoms with E-state index in [1.807, 2.05) is 0 Å². The Morgan fingerprint density at radius 1 is 1.20 bits per heavy atom. The van der Waals surface area contributed by atoms with E-state index >= 15 is 4.39 Å². The fourth-order valence-corrected chi connectivity index (χ4v) is 7.79. The fourth-order valence-electron chi connectivity index (χ4n) is 6.73. The molecule has 3 saturated heterocycles. The molecular weight excluding hydrogens is 619 g/mol. The minimum Gasteiger partial charge on any atom is -0.461 e. The second-order valence-corrected chi connectivity index (χ2v) is 13.0. The highest BCUT2D eigenvalue weighted by Gasteiger charge is 2.49. The molecule has 2 aromatic carbocycles. The van der Waals surface area contributed by atoms with Crippen molar-refractivity contribution in [2.75, 3.05) is 56.6 Å². The highest BCUT2D eigenvalue weighted by molar-refractivity contribution is 7.22. The van der Waals surface area contributed by atoms with Gasteiger partial charge in [0.05, 0.1) is 39.9 Å². The summed E-state index contributed by atoms with van der Waals surface area (Å²) in [6.07, 6.45) is 1.07. The van der Waals surface area contributed by atoms with Crippen LogP contribution in [-0.4, -0.2) is 83.5 Å². The molecule has 10 nitrogen and oxygen atoms in total. The maximum atomic E-state index is 16.7. The number of nitrogens with two attached hydrogens (primary N) is 2. The summed E-state index contributed by atoms with van der Waals surface area (Å²) >= 11 is 7.69. The third-order valence-electron chi connectivity index (χ3n) is 8.82. The first-order valence-electron chi connectivity index (χ1n) is 14.3. The minimum atomic E-state index is -0.954. The fraction of sp³-hybridized carbons (Fsp3) is 0.448. The van der Waals surface area contributed by atoms with Crippen molar-refractivity contribution >= 4 is 60.9 Å². The monoisotopic (exact) mass is 647 g/mol. The van der Waals surface area contributed by atoms with Gasteiger partial charge in [-0.1, -0.05) is 22.9 Å². The minimum absolute atomic E-state index is 0.0194. The van der Waals surface area contributed by atoms with Crippen molar-refractivity contribution in [3.05, 3.63) is 34.9 Å². The van der Waals surface area contributed by atoms with Crippen LogP contribution in [0, 0.1) is 17.6 Å². The molecule has 15 heteroatoms. The van der Waals surface area contributed by atoms with E-state index in [0.29, 0.717) is 19.5 Å². The summed E-state index contributed by atoms with van der Waals surface area (Å²) in [6.45, 7) is 2.16. The van der Waals surface area contributed by atoms with Crippen molar-refractivity contribution in [1.82, 2.24) is 19.9 Å². The van der Waals surface area contributed by atoms with Gasteiger partial charge in [-0.25, -0.2) is 18.2 Å². The van der Waals surface area contributed by atoms with Gasteiger partial charge in [0, 0.05) is 42.6 Å². The Kier molecular flexibility index (Phi) is 7.42. The number of hydrogen-bond acceptors (Lipinski definition) is 10. The second kappa shape index (κ2) is 11.2. The summed E-state index contributed by atoms with van der Waals surface area (Å²) in [5.74, 6) is -2.22. The molecule has 0 spiro atoms.